The van der Waals surface area contributed by atoms with Gasteiger partial charge in [0.15, 0.2) is 0 Å². The smallest absolute Gasteiger partial charge is 0.354 e. The molecule has 28 heavy (non-hydrogen) atoms. The normalized spacial score (nSPS) is 13.9. The van der Waals surface area contributed by atoms with Crippen molar-refractivity contribution in [1.82, 2.24) is 9.78 Å². The van der Waals surface area contributed by atoms with Crippen LogP contribution in [0, 0.1) is 0 Å². The second-order valence-corrected chi connectivity index (χ2v) is 6.29. The van der Waals surface area contributed by atoms with E-state index in [1.54, 1.807) is 23.0 Å². The lowest BCUT2D eigenvalue weighted by molar-refractivity contribution is -0.137. The van der Waals surface area contributed by atoms with E-state index in [1.807, 2.05) is 54.7 Å². The maximum absolute atomic E-state index is 12.4. The van der Waals surface area contributed by atoms with Crippen LogP contribution >= 0.6 is 0 Å². The van der Waals surface area contributed by atoms with E-state index in [0.29, 0.717) is 5.69 Å². The number of hydrogen-bond donors (Lipinski definition) is 0. The topological polar surface area (TPSA) is 76.8 Å². The summed E-state index contributed by atoms with van der Waals surface area (Å²) in [5.41, 5.74) is 2.55. The molecule has 2 heterocycles. The number of benzene rings is 2. The fraction of sp³-hybridized carbons (Fsp3) is 0.143. The van der Waals surface area contributed by atoms with Gasteiger partial charge in [0.1, 0.15) is 12.3 Å². The van der Waals surface area contributed by atoms with Gasteiger partial charge in [0, 0.05) is 24.6 Å². The van der Waals surface area contributed by atoms with Crippen LogP contribution in [0.2, 0.25) is 0 Å². The third-order valence-electron chi connectivity index (χ3n) is 4.30. The van der Waals surface area contributed by atoms with Gasteiger partial charge < -0.3 is 4.74 Å². The van der Waals surface area contributed by atoms with Gasteiger partial charge in [0.25, 0.3) is 0 Å². The van der Waals surface area contributed by atoms with Gasteiger partial charge in [-0.2, -0.15) is 10.2 Å². The van der Waals surface area contributed by atoms with Gasteiger partial charge >= 0.3 is 5.97 Å². The average molecular weight is 374 g/mol. The van der Waals surface area contributed by atoms with Gasteiger partial charge in [0.2, 0.25) is 5.91 Å². The van der Waals surface area contributed by atoms with E-state index in [1.165, 1.54) is 5.01 Å². The standard InChI is InChI=1S/C21H18N4O3/c26-20-12-11-19(23-25(20)18-9-5-2-6-10-18)21(27)28-15-16-13-22-24(14-16)17-7-3-1-4-8-17/h1-10,13-14H,11-12,15H2. The summed E-state index contributed by atoms with van der Waals surface area (Å²) in [6, 6.07) is 18.7. The number of esters is 1. The number of aromatic nitrogens is 2. The molecule has 140 valence electrons. The Morgan fingerprint density at radius 3 is 2.36 bits per heavy atom. The summed E-state index contributed by atoms with van der Waals surface area (Å²) in [5.74, 6) is -0.673. The monoisotopic (exact) mass is 374 g/mol. The fourth-order valence-corrected chi connectivity index (χ4v) is 2.86. The molecule has 0 bridgehead atoms. The zero-order valence-electron chi connectivity index (χ0n) is 15.1. The number of carbonyl (C=O) groups excluding carboxylic acids is 2. The van der Waals surface area contributed by atoms with Crippen LogP contribution in [0.25, 0.3) is 5.69 Å². The van der Waals surface area contributed by atoms with Crippen molar-refractivity contribution in [1.29, 1.82) is 0 Å². The minimum atomic E-state index is -0.527. The molecule has 0 N–H and O–H groups in total. The van der Waals surface area contributed by atoms with Crippen molar-refractivity contribution in [3.8, 4) is 5.69 Å². The van der Waals surface area contributed by atoms with Gasteiger partial charge in [-0.3, -0.25) is 4.79 Å². The van der Waals surface area contributed by atoms with Crippen LogP contribution in [0.1, 0.15) is 18.4 Å². The lowest BCUT2D eigenvalue weighted by Crippen LogP contribution is -2.34. The number of carbonyl (C=O) groups is 2. The van der Waals surface area contributed by atoms with Crippen LogP contribution in [0.4, 0.5) is 5.69 Å². The number of ether oxygens (including phenoxy) is 1. The van der Waals surface area contributed by atoms with E-state index in [4.69, 9.17) is 4.74 Å². The Morgan fingerprint density at radius 1 is 0.964 bits per heavy atom. The number of para-hydroxylation sites is 2. The highest BCUT2D eigenvalue weighted by molar-refractivity contribution is 6.37. The Labute approximate surface area is 161 Å². The van der Waals surface area contributed by atoms with Gasteiger partial charge in [-0.1, -0.05) is 36.4 Å². The zero-order valence-corrected chi connectivity index (χ0v) is 15.1. The molecule has 1 aliphatic rings. The SMILES string of the molecule is O=C(OCc1cnn(-c2ccccc2)c1)C1=NN(c2ccccc2)C(=O)CC1. The van der Waals surface area contributed by atoms with Crippen LogP contribution in [0.15, 0.2) is 78.2 Å². The quantitative estimate of drug-likeness (QED) is 0.643. The number of rotatable bonds is 5. The van der Waals surface area contributed by atoms with Crippen molar-refractivity contribution >= 4 is 23.3 Å². The number of hydrogen-bond acceptors (Lipinski definition) is 5. The highest BCUT2D eigenvalue weighted by Gasteiger charge is 2.26. The average Bonchev–Trinajstić information content (AvgIpc) is 3.23. The molecule has 1 aliphatic heterocycles. The van der Waals surface area contributed by atoms with Gasteiger partial charge in [-0.05, 0) is 24.3 Å². The largest absolute Gasteiger partial charge is 0.456 e. The molecule has 7 nitrogen and oxygen atoms in total. The molecular weight excluding hydrogens is 356 g/mol. The van der Waals surface area contributed by atoms with Gasteiger partial charge in [-0.25, -0.2) is 14.5 Å². The number of amides is 1. The Hall–Kier alpha value is -3.74. The van der Waals surface area contributed by atoms with E-state index in [0.717, 1.165) is 11.3 Å². The fourth-order valence-electron chi connectivity index (χ4n) is 2.86. The zero-order chi connectivity index (χ0) is 19.3. The van der Waals surface area contributed by atoms with E-state index < -0.39 is 5.97 Å². The van der Waals surface area contributed by atoms with Crippen LogP contribution in [0.5, 0.6) is 0 Å². The van der Waals surface area contributed by atoms with E-state index in [-0.39, 0.29) is 31.1 Å². The predicted molar refractivity (Wildman–Crippen MR) is 104 cm³/mol. The molecule has 3 aromatic rings. The van der Waals surface area contributed by atoms with E-state index in [9.17, 15) is 9.59 Å². The van der Waals surface area contributed by atoms with E-state index in [2.05, 4.69) is 10.2 Å². The summed E-state index contributed by atoms with van der Waals surface area (Å²) in [6.07, 6.45) is 3.95. The molecule has 0 fully saturated rings. The van der Waals surface area contributed by atoms with Crippen molar-refractivity contribution in [3.05, 3.63) is 78.6 Å². The summed E-state index contributed by atoms with van der Waals surface area (Å²) in [7, 11) is 0. The second kappa shape index (κ2) is 7.87. The maximum atomic E-state index is 12.4. The minimum absolute atomic E-state index is 0.0873. The molecule has 4 rings (SSSR count). The number of nitrogens with zero attached hydrogens (tertiary/aromatic N) is 4. The Bertz CT molecular complexity index is 1010. The first-order valence-electron chi connectivity index (χ1n) is 8.92. The number of hydrazone groups is 1. The predicted octanol–water partition coefficient (Wildman–Crippen LogP) is 3.10. The van der Waals surface area contributed by atoms with E-state index >= 15 is 0 Å². The van der Waals surface area contributed by atoms with Gasteiger partial charge in [-0.15, -0.1) is 0 Å². The highest BCUT2D eigenvalue weighted by atomic mass is 16.5. The van der Waals surface area contributed by atoms with Crippen LogP contribution in [-0.2, 0) is 20.9 Å². The molecule has 0 saturated carbocycles. The molecule has 0 aliphatic carbocycles. The first-order valence-corrected chi connectivity index (χ1v) is 8.92. The van der Waals surface area contributed by atoms with Crippen molar-refractivity contribution < 1.29 is 14.3 Å². The molecular formula is C21H18N4O3. The first kappa shape index (κ1) is 17.7. The van der Waals surface area contributed by atoms with Crippen molar-refractivity contribution in [2.45, 2.75) is 19.4 Å². The molecule has 7 heteroatoms. The second-order valence-electron chi connectivity index (χ2n) is 6.29. The third kappa shape index (κ3) is 3.83. The molecule has 0 radical (unpaired) electrons. The molecule has 1 amide bonds. The summed E-state index contributed by atoms with van der Waals surface area (Å²) in [4.78, 5) is 24.5. The van der Waals surface area contributed by atoms with Crippen molar-refractivity contribution in [2.75, 3.05) is 5.01 Å². The maximum Gasteiger partial charge on any atom is 0.354 e. The summed E-state index contributed by atoms with van der Waals surface area (Å²) in [5, 5.41) is 9.74. The van der Waals surface area contributed by atoms with Crippen molar-refractivity contribution in [3.63, 3.8) is 0 Å². The summed E-state index contributed by atoms with van der Waals surface area (Å²) >= 11 is 0. The molecule has 0 spiro atoms. The van der Waals surface area contributed by atoms with Crippen molar-refractivity contribution in [2.24, 2.45) is 5.10 Å². The van der Waals surface area contributed by atoms with Gasteiger partial charge in [0.05, 0.1) is 17.6 Å². The molecule has 0 atom stereocenters. The highest BCUT2D eigenvalue weighted by Crippen LogP contribution is 2.20. The van der Waals surface area contributed by atoms with Crippen LogP contribution < -0.4 is 5.01 Å². The lowest BCUT2D eigenvalue weighted by atomic mass is 10.1. The molecule has 2 aromatic carbocycles. The number of anilines is 1. The van der Waals surface area contributed by atoms with Crippen LogP contribution in [-0.4, -0.2) is 27.4 Å². The molecule has 1 aromatic heterocycles. The van der Waals surface area contributed by atoms with Crippen LogP contribution in [0.3, 0.4) is 0 Å². The molecule has 0 saturated heterocycles. The summed E-state index contributed by atoms with van der Waals surface area (Å²) in [6.45, 7) is 0.0873. The Balaban J connectivity index is 1.42. The Morgan fingerprint density at radius 2 is 1.64 bits per heavy atom. The Kier molecular flexibility index (Phi) is 4.97. The first-order chi connectivity index (χ1) is 13.7. The minimum Gasteiger partial charge on any atom is -0.456 e. The third-order valence-corrected chi connectivity index (χ3v) is 4.30. The molecule has 0 unspecified atom stereocenters. The summed E-state index contributed by atoms with van der Waals surface area (Å²) < 4.78 is 7.09. The lowest BCUT2D eigenvalue weighted by Gasteiger charge is -2.22.